The molecule has 0 saturated carbocycles. The van der Waals surface area contributed by atoms with Crippen molar-refractivity contribution in [2.24, 2.45) is 5.73 Å². The molecule has 0 atom stereocenters. The van der Waals surface area contributed by atoms with Crippen molar-refractivity contribution in [3.63, 3.8) is 0 Å². The molecule has 0 radical (unpaired) electrons. The van der Waals surface area contributed by atoms with E-state index in [9.17, 15) is 4.79 Å². The normalized spacial score (nSPS) is 11.1. The van der Waals surface area contributed by atoms with Crippen LogP contribution in [0, 0.1) is 0 Å². The Kier molecular flexibility index (Phi) is 2.96. The van der Waals surface area contributed by atoms with E-state index in [1.165, 1.54) is 10.9 Å². The molecular weight excluding hydrogens is 256 g/mol. The number of hydrogen-bond acceptors (Lipinski definition) is 5. The average Bonchev–Trinajstić information content (AvgIpc) is 2.92. The van der Waals surface area contributed by atoms with Crippen LogP contribution in [0.3, 0.4) is 0 Å². The molecule has 2 heterocycles. The van der Waals surface area contributed by atoms with Crippen molar-refractivity contribution in [3.8, 4) is 0 Å². The van der Waals surface area contributed by atoms with Gasteiger partial charge in [0, 0.05) is 6.54 Å². The highest BCUT2D eigenvalue weighted by Gasteiger charge is 2.10. The molecule has 0 aliphatic heterocycles. The van der Waals surface area contributed by atoms with Crippen LogP contribution in [-0.2, 0) is 13.1 Å². The fourth-order valence-electron chi connectivity index (χ4n) is 2.13. The van der Waals surface area contributed by atoms with Crippen molar-refractivity contribution >= 4 is 17.1 Å². The van der Waals surface area contributed by atoms with Crippen molar-refractivity contribution in [1.82, 2.24) is 19.5 Å². The molecule has 0 fully saturated rings. The van der Waals surface area contributed by atoms with Gasteiger partial charge in [0.1, 0.15) is 0 Å². The number of nitrogens with two attached hydrogens (primary N) is 2. The maximum Gasteiger partial charge on any atom is 0.281 e. The van der Waals surface area contributed by atoms with Crippen LogP contribution < -0.4 is 17.0 Å². The fourth-order valence-corrected chi connectivity index (χ4v) is 2.13. The second-order valence-electron chi connectivity index (χ2n) is 4.49. The van der Waals surface area contributed by atoms with Gasteiger partial charge in [-0.1, -0.05) is 24.3 Å². The standard InChI is InChI=1S/C13H14N6O/c14-5-8-2-1-3-9(4-8)6-19-12(20)10-11(17-7-16-10)18-13(19)15/h1-4,7H,5-6,14H2,(H2,15,18)(H,16,17). The number of nitrogens with one attached hydrogen (secondary N) is 1. The lowest BCUT2D eigenvalue weighted by Crippen LogP contribution is -2.25. The molecule has 3 rings (SSSR count). The fraction of sp³-hybridized carbons (Fsp3) is 0.154. The Bertz CT molecular complexity index is 819. The number of imidazole rings is 1. The van der Waals surface area contributed by atoms with Gasteiger partial charge in [-0.15, -0.1) is 0 Å². The summed E-state index contributed by atoms with van der Waals surface area (Å²) in [7, 11) is 0. The largest absolute Gasteiger partial charge is 0.369 e. The van der Waals surface area contributed by atoms with Crippen LogP contribution in [0.1, 0.15) is 11.1 Å². The van der Waals surface area contributed by atoms with Gasteiger partial charge in [-0.3, -0.25) is 9.36 Å². The van der Waals surface area contributed by atoms with E-state index in [-0.39, 0.29) is 11.5 Å². The summed E-state index contributed by atoms with van der Waals surface area (Å²) >= 11 is 0. The van der Waals surface area contributed by atoms with E-state index < -0.39 is 0 Å². The lowest BCUT2D eigenvalue weighted by molar-refractivity contribution is 0.760. The molecular formula is C13H14N6O. The highest BCUT2D eigenvalue weighted by atomic mass is 16.1. The molecule has 0 bridgehead atoms. The smallest absolute Gasteiger partial charge is 0.281 e. The van der Waals surface area contributed by atoms with Crippen molar-refractivity contribution < 1.29 is 0 Å². The number of aromatic nitrogens is 4. The van der Waals surface area contributed by atoms with Gasteiger partial charge >= 0.3 is 0 Å². The third-order valence-electron chi connectivity index (χ3n) is 3.14. The molecule has 0 unspecified atom stereocenters. The molecule has 1 aromatic carbocycles. The van der Waals surface area contributed by atoms with E-state index in [1.807, 2.05) is 24.3 Å². The van der Waals surface area contributed by atoms with E-state index in [2.05, 4.69) is 15.0 Å². The van der Waals surface area contributed by atoms with Gasteiger partial charge in [0.2, 0.25) is 5.95 Å². The molecule has 3 aromatic rings. The Hall–Kier alpha value is -2.67. The van der Waals surface area contributed by atoms with Crippen LogP contribution in [0.2, 0.25) is 0 Å². The van der Waals surface area contributed by atoms with Gasteiger partial charge in [-0.25, -0.2) is 4.98 Å². The molecule has 0 aliphatic rings. The molecule has 5 N–H and O–H groups in total. The highest BCUT2D eigenvalue weighted by Crippen LogP contribution is 2.09. The molecule has 102 valence electrons. The summed E-state index contributed by atoms with van der Waals surface area (Å²) in [4.78, 5) is 23.1. The van der Waals surface area contributed by atoms with Crippen molar-refractivity contribution in [1.29, 1.82) is 0 Å². The molecule has 0 aliphatic carbocycles. The summed E-state index contributed by atoms with van der Waals surface area (Å²) in [5, 5.41) is 0. The lowest BCUT2D eigenvalue weighted by atomic mass is 10.1. The van der Waals surface area contributed by atoms with E-state index in [0.717, 1.165) is 11.1 Å². The summed E-state index contributed by atoms with van der Waals surface area (Å²) in [5.74, 6) is 0.146. The Balaban J connectivity index is 2.07. The van der Waals surface area contributed by atoms with Gasteiger partial charge in [-0.05, 0) is 11.1 Å². The first-order valence-corrected chi connectivity index (χ1v) is 6.16. The molecule has 0 amide bonds. The maximum atomic E-state index is 12.3. The minimum absolute atomic E-state index is 0.146. The van der Waals surface area contributed by atoms with Gasteiger partial charge in [-0.2, -0.15) is 4.98 Å². The third-order valence-corrected chi connectivity index (χ3v) is 3.14. The summed E-state index contributed by atoms with van der Waals surface area (Å²) < 4.78 is 1.41. The first-order valence-electron chi connectivity index (χ1n) is 6.16. The molecule has 7 nitrogen and oxygen atoms in total. The van der Waals surface area contributed by atoms with Crippen molar-refractivity contribution in [2.75, 3.05) is 5.73 Å². The van der Waals surface area contributed by atoms with Crippen LogP contribution in [0.25, 0.3) is 11.2 Å². The second kappa shape index (κ2) is 4.78. The predicted molar refractivity (Wildman–Crippen MR) is 76.0 cm³/mol. The molecule has 0 saturated heterocycles. The molecule has 7 heteroatoms. The zero-order valence-corrected chi connectivity index (χ0v) is 10.7. The number of nitrogen functional groups attached to an aromatic ring is 1. The number of anilines is 1. The SMILES string of the molecule is NCc1cccc(Cn2c(N)nc3nc[nH]c3c2=O)c1. The zero-order chi connectivity index (χ0) is 14.1. The number of rotatable bonds is 3. The number of fused-ring (bicyclic) bond motifs is 1. The number of H-pyrrole nitrogens is 1. The third kappa shape index (κ3) is 2.04. The quantitative estimate of drug-likeness (QED) is 0.629. The van der Waals surface area contributed by atoms with E-state index in [0.29, 0.717) is 24.3 Å². The zero-order valence-electron chi connectivity index (χ0n) is 10.7. The van der Waals surface area contributed by atoms with Crippen LogP contribution in [0.15, 0.2) is 35.4 Å². The van der Waals surface area contributed by atoms with Crippen LogP contribution in [-0.4, -0.2) is 19.5 Å². The number of benzene rings is 1. The number of nitrogens with zero attached hydrogens (tertiary/aromatic N) is 3. The summed E-state index contributed by atoms with van der Waals surface area (Å²) in [6, 6.07) is 7.71. The Morgan fingerprint density at radius 1 is 1.30 bits per heavy atom. The first kappa shape index (κ1) is 12.4. The lowest BCUT2D eigenvalue weighted by Gasteiger charge is -2.09. The van der Waals surface area contributed by atoms with E-state index >= 15 is 0 Å². The Labute approximate surface area is 114 Å². The monoisotopic (exact) mass is 270 g/mol. The van der Waals surface area contributed by atoms with Crippen molar-refractivity contribution in [3.05, 3.63) is 52.1 Å². The predicted octanol–water partition coefficient (Wildman–Crippen LogP) is 0.209. The van der Waals surface area contributed by atoms with Gasteiger partial charge in [0.15, 0.2) is 11.2 Å². The highest BCUT2D eigenvalue weighted by molar-refractivity contribution is 5.69. The van der Waals surface area contributed by atoms with Gasteiger partial charge < -0.3 is 16.5 Å². The van der Waals surface area contributed by atoms with E-state index in [1.54, 1.807) is 0 Å². The summed E-state index contributed by atoms with van der Waals surface area (Å²) in [5.41, 5.74) is 13.9. The minimum atomic E-state index is -0.233. The average molecular weight is 270 g/mol. The number of aromatic amines is 1. The summed E-state index contributed by atoms with van der Waals surface area (Å²) in [6.07, 6.45) is 1.43. The Morgan fingerprint density at radius 2 is 2.10 bits per heavy atom. The molecule has 2 aromatic heterocycles. The molecule has 0 spiro atoms. The van der Waals surface area contributed by atoms with Crippen LogP contribution >= 0.6 is 0 Å². The maximum absolute atomic E-state index is 12.3. The topological polar surface area (TPSA) is 116 Å². The van der Waals surface area contributed by atoms with E-state index in [4.69, 9.17) is 11.5 Å². The summed E-state index contributed by atoms with van der Waals surface area (Å²) in [6.45, 7) is 0.802. The van der Waals surface area contributed by atoms with Crippen LogP contribution in [0.5, 0.6) is 0 Å². The second-order valence-corrected chi connectivity index (χ2v) is 4.49. The first-order chi connectivity index (χ1) is 9.69. The molecule has 20 heavy (non-hydrogen) atoms. The van der Waals surface area contributed by atoms with Crippen molar-refractivity contribution in [2.45, 2.75) is 13.1 Å². The van der Waals surface area contributed by atoms with Gasteiger partial charge in [0.05, 0.1) is 12.9 Å². The minimum Gasteiger partial charge on any atom is -0.369 e. The Morgan fingerprint density at radius 3 is 2.90 bits per heavy atom. The van der Waals surface area contributed by atoms with Gasteiger partial charge in [0.25, 0.3) is 5.56 Å². The number of hydrogen-bond donors (Lipinski definition) is 3. The van der Waals surface area contributed by atoms with Crippen LogP contribution in [0.4, 0.5) is 5.95 Å².